The zero-order valence-corrected chi connectivity index (χ0v) is 19.6. The minimum atomic E-state index is -1.29. The molecule has 4 heterocycles. The van der Waals surface area contributed by atoms with Gasteiger partial charge in [-0.3, -0.25) is 4.57 Å². The first-order valence-corrected chi connectivity index (χ1v) is 11.6. The molecule has 4 aromatic rings. The Morgan fingerprint density at radius 2 is 1.97 bits per heavy atom. The van der Waals surface area contributed by atoms with Crippen LogP contribution in [0.4, 0.5) is 5.82 Å². The van der Waals surface area contributed by atoms with Crippen molar-refractivity contribution in [2.75, 3.05) is 11.9 Å². The monoisotopic (exact) mass is 500 g/mol. The minimum Gasteiger partial charge on any atom is -0.394 e. The van der Waals surface area contributed by atoms with E-state index in [4.69, 9.17) is 20.9 Å². The number of anilines is 1. The van der Waals surface area contributed by atoms with E-state index in [0.717, 1.165) is 5.56 Å². The van der Waals surface area contributed by atoms with Crippen LogP contribution in [0.2, 0.25) is 5.28 Å². The van der Waals surface area contributed by atoms with Gasteiger partial charge in [-0.15, -0.1) is 0 Å². The van der Waals surface area contributed by atoms with E-state index in [-0.39, 0.29) is 17.9 Å². The standard InChI is InChI=1S/C23H25ClN6O5/c1-2-13-9-15(35-29-13)19-17(32)18(33)22(34-19)30-11-25-16-20(27-23(24)28-21(16)30)26-14(10-31)8-12-6-4-3-5-7-12/h3-7,9,11,14,17-19,22,31-33H,2,8,10H2,1H3,(H,26,27,28)/t14-,17+,18+,19+,22+/m0/s1. The maximum absolute atomic E-state index is 10.8. The largest absolute Gasteiger partial charge is 0.394 e. The number of aryl methyl sites for hydroxylation is 1. The van der Waals surface area contributed by atoms with Crippen molar-refractivity contribution in [2.45, 2.75) is 50.3 Å². The summed E-state index contributed by atoms with van der Waals surface area (Å²) in [4.78, 5) is 12.9. The van der Waals surface area contributed by atoms with Crippen LogP contribution >= 0.6 is 11.6 Å². The SMILES string of the molecule is CCc1cc([C@H]2O[C@@H](n3cnc4c(N[C@H](CO)Cc5ccccc5)nc(Cl)nc43)[C@H](O)[C@H]2O)on1. The van der Waals surface area contributed by atoms with Crippen molar-refractivity contribution in [1.82, 2.24) is 24.7 Å². The lowest BCUT2D eigenvalue weighted by molar-refractivity contribution is -0.0434. The first-order chi connectivity index (χ1) is 17.0. The van der Waals surface area contributed by atoms with Crippen molar-refractivity contribution in [1.29, 1.82) is 0 Å². The second-order valence-electron chi connectivity index (χ2n) is 8.38. The van der Waals surface area contributed by atoms with Crippen molar-refractivity contribution < 1.29 is 24.6 Å². The van der Waals surface area contributed by atoms with Gasteiger partial charge in [0.1, 0.15) is 18.3 Å². The molecule has 1 saturated heterocycles. The van der Waals surface area contributed by atoms with E-state index in [1.54, 1.807) is 6.07 Å². The average molecular weight is 501 g/mol. The highest BCUT2D eigenvalue weighted by Crippen LogP contribution is 2.40. The van der Waals surface area contributed by atoms with Crippen LogP contribution in [0.3, 0.4) is 0 Å². The number of nitrogens with zero attached hydrogens (tertiary/aromatic N) is 5. The molecule has 12 heteroatoms. The Hall–Kier alpha value is -3.09. The van der Waals surface area contributed by atoms with Gasteiger partial charge in [-0.1, -0.05) is 42.4 Å². The number of aliphatic hydroxyl groups excluding tert-OH is 3. The van der Waals surface area contributed by atoms with E-state index < -0.39 is 24.5 Å². The zero-order chi connectivity index (χ0) is 24.5. The molecule has 0 radical (unpaired) electrons. The minimum absolute atomic E-state index is 0.0504. The lowest BCUT2D eigenvalue weighted by Gasteiger charge is -2.18. The van der Waals surface area contributed by atoms with Gasteiger partial charge >= 0.3 is 0 Å². The van der Waals surface area contributed by atoms with E-state index in [1.807, 2.05) is 37.3 Å². The summed E-state index contributed by atoms with van der Waals surface area (Å²) in [6, 6.07) is 11.1. The van der Waals surface area contributed by atoms with Gasteiger partial charge in [-0.25, -0.2) is 4.98 Å². The Morgan fingerprint density at radius 3 is 2.69 bits per heavy atom. The molecule has 1 aliphatic heterocycles. The van der Waals surface area contributed by atoms with Gasteiger partial charge in [0, 0.05) is 6.07 Å². The van der Waals surface area contributed by atoms with E-state index in [0.29, 0.717) is 41.3 Å². The first-order valence-electron chi connectivity index (χ1n) is 11.3. The average Bonchev–Trinajstić information content (AvgIpc) is 3.57. The van der Waals surface area contributed by atoms with Gasteiger partial charge in [0.15, 0.2) is 29.0 Å². The molecule has 3 aromatic heterocycles. The van der Waals surface area contributed by atoms with Gasteiger partial charge in [-0.2, -0.15) is 9.97 Å². The van der Waals surface area contributed by atoms with E-state index in [9.17, 15) is 15.3 Å². The summed E-state index contributed by atoms with van der Waals surface area (Å²) in [5.41, 5.74) is 2.43. The molecule has 0 saturated carbocycles. The molecule has 1 aliphatic rings. The fourth-order valence-electron chi connectivity index (χ4n) is 4.18. The third kappa shape index (κ3) is 4.60. The van der Waals surface area contributed by atoms with Gasteiger partial charge in [0.25, 0.3) is 0 Å². The molecule has 1 fully saturated rings. The zero-order valence-electron chi connectivity index (χ0n) is 18.8. The lowest BCUT2D eigenvalue weighted by Crippen LogP contribution is -2.29. The van der Waals surface area contributed by atoms with E-state index in [1.165, 1.54) is 10.9 Å². The fraction of sp³-hybridized carbons (Fsp3) is 0.391. The smallest absolute Gasteiger partial charge is 0.226 e. The molecule has 0 aliphatic carbocycles. The highest BCUT2D eigenvalue weighted by molar-refractivity contribution is 6.28. The number of benzene rings is 1. The van der Waals surface area contributed by atoms with Crippen LogP contribution in [-0.2, 0) is 17.6 Å². The molecule has 11 nitrogen and oxygen atoms in total. The third-order valence-electron chi connectivity index (χ3n) is 6.01. The summed E-state index contributed by atoms with van der Waals surface area (Å²) in [5, 5.41) is 38.4. The van der Waals surface area contributed by atoms with E-state index in [2.05, 4.69) is 25.4 Å². The molecule has 0 amide bonds. The molecule has 1 aromatic carbocycles. The second kappa shape index (κ2) is 9.88. The van der Waals surface area contributed by atoms with Crippen molar-refractivity contribution in [3.63, 3.8) is 0 Å². The van der Waals surface area contributed by atoms with Crippen LogP contribution in [0.1, 0.15) is 36.3 Å². The molecule has 4 N–H and O–H groups in total. The molecular weight excluding hydrogens is 476 g/mol. The van der Waals surface area contributed by atoms with Crippen molar-refractivity contribution in [3.05, 3.63) is 65.0 Å². The molecule has 184 valence electrons. The maximum atomic E-state index is 10.8. The number of hydrogen-bond donors (Lipinski definition) is 4. The number of rotatable bonds is 8. The van der Waals surface area contributed by atoms with Crippen molar-refractivity contribution in [3.8, 4) is 0 Å². The Kier molecular flexibility index (Phi) is 6.67. The number of aromatic nitrogens is 5. The van der Waals surface area contributed by atoms with Crippen LogP contribution in [0, 0.1) is 0 Å². The Labute approximate surface area is 205 Å². The normalized spacial score (nSPS) is 23.1. The molecule has 5 atom stereocenters. The predicted molar refractivity (Wildman–Crippen MR) is 126 cm³/mol. The number of imidazole rings is 1. The van der Waals surface area contributed by atoms with Crippen molar-refractivity contribution in [2.24, 2.45) is 0 Å². The van der Waals surface area contributed by atoms with Crippen LogP contribution in [0.5, 0.6) is 0 Å². The van der Waals surface area contributed by atoms with Gasteiger partial charge < -0.3 is 29.9 Å². The van der Waals surface area contributed by atoms with Gasteiger partial charge in [0.2, 0.25) is 5.28 Å². The lowest BCUT2D eigenvalue weighted by atomic mass is 10.1. The fourth-order valence-corrected chi connectivity index (χ4v) is 4.35. The summed E-state index contributed by atoms with van der Waals surface area (Å²) >= 11 is 6.21. The molecule has 5 rings (SSSR count). The van der Waals surface area contributed by atoms with E-state index >= 15 is 0 Å². The van der Waals surface area contributed by atoms with Crippen LogP contribution in [-0.4, -0.2) is 64.9 Å². The van der Waals surface area contributed by atoms with Crippen LogP contribution in [0.25, 0.3) is 11.2 Å². The van der Waals surface area contributed by atoms with Crippen molar-refractivity contribution >= 4 is 28.6 Å². The Morgan fingerprint density at radius 1 is 1.17 bits per heavy atom. The van der Waals surface area contributed by atoms with Gasteiger partial charge in [-0.05, 0) is 30.0 Å². The Bertz CT molecular complexity index is 1300. The summed E-state index contributed by atoms with van der Waals surface area (Å²) < 4.78 is 12.8. The topological polar surface area (TPSA) is 152 Å². The second-order valence-corrected chi connectivity index (χ2v) is 8.72. The quantitative estimate of drug-likeness (QED) is 0.264. The highest BCUT2D eigenvalue weighted by atomic mass is 35.5. The number of aliphatic hydroxyl groups is 3. The third-order valence-corrected chi connectivity index (χ3v) is 6.18. The molecule has 0 spiro atoms. The number of hydrogen-bond acceptors (Lipinski definition) is 10. The number of nitrogens with one attached hydrogen (secondary N) is 1. The maximum Gasteiger partial charge on any atom is 0.226 e. The molecule has 0 unspecified atom stereocenters. The van der Waals surface area contributed by atoms with Crippen LogP contribution < -0.4 is 5.32 Å². The Balaban J connectivity index is 1.43. The first kappa shape index (κ1) is 23.6. The predicted octanol–water partition coefficient (Wildman–Crippen LogP) is 2.04. The molecule has 0 bridgehead atoms. The number of ether oxygens (including phenoxy) is 1. The molecular formula is C23H25ClN6O5. The summed E-state index contributed by atoms with van der Waals surface area (Å²) in [5.74, 6) is 0.656. The van der Waals surface area contributed by atoms with Crippen LogP contribution in [0.15, 0.2) is 47.2 Å². The number of halogens is 1. The summed E-state index contributed by atoms with van der Waals surface area (Å²) in [6.45, 7) is 1.78. The summed E-state index contributed by atoms with van der Waals surface area (Å²) in [6.07, 6.45) is -1.82. The number of fused-ring (bicyclic) bond motifs is 1. The van der Waals surface area contributed by atoms with Gasteiger partial charge in [0.05, 0.1) is 24.7 Å². The molecule has 35 heavy (non-hydrogen) atoms. The highest BCUT2D eigenvalue weighted by Gasteiger charge is 2.47. The summed E-state index contributed by atoms with van der Waals surface area (Å²) in [7, 11) is 0.